The van der Waals surface area contributed by atoms with Gasteiger partial charge >= 0.3 is 0 Å². The molecular formula is C20H16N4O5. The summed E-state index contributed by atoms with van der Waals surface area (Å²) in [5.74, 6) is -2.34. The Morgan fingerprint density at radius 1 is 1.00 bits per heavy atom. The molecule has 0 spiro atoms. The largest absolute Gasteiger partial charge is 0.340 e. The average Bonchev–Trinajstić information content (AvgIpc) is 2.83. The highest BCUT2D eigenvalue weighted by atomic mass is 16.2. The average molecular weight is 392 g/mol. The first-order chi connectivity index (χ1) is 13.8. The third-order valence-electron chi connectivity index (χ3n) is 4.81. The monoisotopic (exact) mass is 392 g/mol. The van der Waals surface area contributed by atoms with E-state index in [2.05, 4.69) is 16.0 Å². The summed E-state index contributed by atoms with van der Waals surface area (Å²) in [5, 5.41) is 7.77. The molecular weight excluding hydrogens is 376 g/mol. The van der Waals surface area contributed by atoms with Crippen LogP contribution in [0.1, 0.15) is 37.5 Å². The molecule has 0 aliphatic carbocycles. The van der Waals surface area contributed by atoms with Gasteiger partial charge in [-0.15, -0.1) is 0 Å². The van der Waals surface area contributed by atoms with Gasteiger partial charge in [-0.05, 0) is 30.3 Å². The number of anilines is 2. The molecule has 0 unspecified atom stereocenters. The first kappa shape index (κ1) is 18.4. The third kappa shape index (κ3) is 3.22. The SMILES string of the molecule is CN1C(=O)c2ccc(NC(=O)C[C@H]3NC(=O)c4ccccc4NC3=O)cc2C1=O. The fraction of sp³-hybridized carbons (Fsp3) is 0.150. The van der Waals surface area contributed by atoms with E-state index >= 15 is 0 Å². The van der Waals surface area contributed by atoms with Crippen molar-refractivity contribution in [2.45, 2.75) is 12.5 Å². The first-order valence-electron chi connectivity index (χ1n) is 8.82. The van der Waals surface area contributed by atoms with Crippen LogP contribution in [0.15, 0.2) is 42.5 Å². The molecule has 0 saturated carbocycles. The van der Waals surface area contributed by atoms with Crippen LogP contribution >= 0.6 is 0 Å². The predicted octanol–water partition coefficient (Wildman–Crippen LogP) is 0.992. The summed E-state index contributed by atoms with van der Waals surface area (Å²) >= 11 is 0. The molecule has 0 bridgehead atoms. The van der Waals surface area contributed by atoms with Crippen LogP contribution in [0.2, 0.25) is 0 Å². The van der Waals surface area contributed by atoms with Crippen LogP contribution in [0.4, 0.5) is 11.4 Å². The van der Waals surface area contributed by atoms with Crippen molar-refractivity contribution in [3.05, 3.63) is 59.2 Å². The maximum atomic E-state index is 12.4. The topological polar surface area (TPSA) is 125 Å². The van der Waals surface area contributed by atoms with E-state index < -0.39 is 35.6 Å². The molecule has 0 aromatic heterocycles. The van der Waals surface area contributed by atoms with Crippen LogP contribution in [-0.4, -0.2) is 47.5 Å². The Balaban J connectivity index is 1.47. The lowest BCUT2D eigenvalue weighted by Crippen LogP contribution is -2.43. The molecule has 3 N–H and O–H groups in total. The van der Waals surface area contributed by atoms with Crippen LogP contribution in [0, 0.1) is 0 Å². The van der Waals surface area contributed by atoms with Crippen LogP contribution in [0.3, 0.4) is 0 Å². The van der Waals surface area contributed by atoms with E-state index in [-0.39, 0.29) is 17.5 Å². The smallest absolute Gasteiger partial charge is 0.261 e. The minimum Gasteiger partial charge on any atom is -0.340 e. The molecule has 9 nitrogen and oxygen atoms in total. The number of nitrogens with one attached hydrogen (secondary N) is 3. The van der Waals surface area contributed by atoms with Crippen molar-refractivity contribution in [2.75, 3.05) is 17.7 Å². The summed E-state index contributed by atoms with van der Waals surface area (Å²) in [4.78, 5) is 62.1. The van der Waals surface area contributed by atoms with E-state index in [1.807, 2.05) is 0 Å². The number of imide groups is 1. The van der Waals surface area contributed by atoms with E-state index in [1.165, 1.54) is 25.2 Å². The summed E-state index contributed by atoms with van der Waals surface area (Å²) < 4.78 is 0. The number of fused-ring (bicyclic) bond motifs is 2. The van der Waals surface area contributed by atoms with Gasteiger partial charge < -0.3 is 16.0 Å². The summed E-state index contributed by atoms with van der Waals surface area (Å²) in [7, 11) is 1.38. The van der Waals surface area contributed by atoms with Gasteiger partial charge in [0.1, 0.15) is 6.04 Å². The van der Waals surface area contributed by atoms with Crippen molar-refractivity contribution < 1.29 is 24.0 Å². The van der Waals surface area contributed by atoms with E-state index in [9.17, 15) is 24.0 Å². The van der Waals surface area contributed by atoms with E-state index in [0.717, 1.165) is 4.90 Å². The molecule has 5 amide bonds. The highest BCUT2D eigenvalue weighted by molar-refractivity contribution is 6.21. The van der Waals surface area contributed by atoms with Crippen LogP contribution in [0.25, 0.3) is 0 Å². The fourth-order valence-electron chi connectivity index (χ4n) is 3.29. The first-order valence-corrected chi connectivity index (χ1v) is 8.82. The molecule has 2 aromatic carbocycles. The second-order valence-electron chi connectivity index (χ2n) is 6.74. The molecule has 2 aliphatic heterocycles. The molecule has 4 rings (SSSR count). The van der Waals surface area contributed by atoms with Crippen molar-refractivity contribution in [1.29, 1.82) is 0 Å². The molecule has 0 saturated heterocycles. The normalized spacial score (nSPS) is 17.8. The lowest BCUT2D eigenvalue weighted by Gasteiger charge is -2.14. The summed E-state index contributed by atoms with van der Waals surface area (Å²) in [6.07, 6.45) is -0.296. The van der Waals surface area contributed by atoms with Gasteiger partial charge in [-0.1, -0.05) is 12.1 Å². The number of benzene rings is 2. The third-order valence-corrected chi connectivity index (χ3v) is 4.81. The van der Waals surface area contributed by atoms with Crippen molar-refractivity contribution in [1.82, 2.24) is 10.2 Å². The lowest BCUT2D eigenvalue weighted by atomic mass is 10.1. The van der Waals surface area contributed by atoms with Crippen LogP contribution in [0.5, 0.6) is 0 Å². The van der Waals surface area contributed by atoms with Crippen LogP contribution in [-0.2, 0) is 9.59 Å². The minimum absolute atomic E-state index is 0.200. The Kier molecular flexibility index (Phi) is 4.34. The molecule has 29 heavy (non-hydrogen) atoms. The van der Waals surface area contributed by atoms with Gasteiger partial charge in [0.15, 0.2) is 0 Å². The molecule has 0 fully saturated rings. The molecule has 9 heteroatoms. The summed E-state index contributed by atoms with van der Waals surface area (Å²) in [6.45, 7) is 0. The number of nitrogens with zero attached hydrogens (tertiary/aromatic N) is 1. The Labute approximate surface area is 165 Å². The molecule has 2 aliphatic rings. The van der Waals surface area contributed by atoms with E-state index in [1.54, 1.807) is 24.3 Å². The zero-order valence-electron chi connectivity index (χ0n) is 15.3. The van der Waals surface area contributed by atoms with Crippen molar-refractivity contribution >= 4 is 40.9 Å². The molecule has 1 atom stereocenters. The number of amides is 5. The number of carbonyl (C=O) groups excluding carboxylic acids is 5. The maximum absolute atomic E-state index is 12.4. The van der Waals surface area contributed by atoms with Crippen molar-refractivity contribution in [3.63, 3.8) is 0 Å². The highest BCUT2D eigenvalue weighted by Gasteiger charge is 2.33. The van der Waals surface area contributed by atoms with Gasteiger partial charge in [0, 0.05) is 12.7 Å². The zero-order valence-corrected chi connectivity index (χ0v) is 15.3. The predicted molar refractivity (Wildman–Crippen MR) is 102 cm³/mol. The standard InChI is InChI=1S/C20H16N4O5/c1-24-19(28)11-7-6-10(8-13(11)20(24)29)21-16(25)9-15-18(27)22-14-5-3-2-4-12(14)17(26)23-15/h2-8,15H,9H2,1H3,(H,21,25)(H,22,27)(H,23,26)/t15-/m1/s1. The fourth-order valence-corrected chi connectivity index (χ4v) is 3.29. The minimum atomic E-state index is -1.06. The quantitative estimate of drug-likeness (QED) is 0.672. The van der Waals surface area contributed by atoms with Gasteiger partial charge in [0.2, 0.25) is 11.8 Å². The number of hydrogen-bond acceptors (Lipinski definition) is 5. The second-order valence-corrected chi connectivity index (χ2v) is 6.74. The number of rotatable bonds is 3. The van der Waals surface area contributed by atoms with Crippen molar-refractivity contribution in [2.24, 2.45) is 0 Å². The van der Waals surface area contributed by atoms with Gasteiger partial charge in [0.05, 0.1) is 28.8 Å². The summed E-state index contributed by atoms with van der Waals surface area (Å²) in [6, 6.07) is 9.87. The Bertz CT molecular complexity index is 1090. The van der Waals surface area contributed by atoms with Gasteiger partial charge in [0.25, 0.3) is 17.7 Å². The van der Waals surface area contributed by atoms with Crippen LogP contribution < -0.4 is 16.0 Å². The number of para-hydroxylation sites is 1. The molecule has 2 heterocycles. The maximum Gasteiger partial charge on any atom is 0.261 e. The van der Waals surface area contributed by atoms with Gasteiger partial charge in [-0.2, -0.15) is 0 Å². The Hall–Kier alpha value is -4.01. The zero-order chi connectivity index (χ0) is 20.7. The highest BCUT2D eigenvalue weighted by Crippen LogP contribution is 2.25. The second kappa shape index (κ2) is 6.86. The Morgan fingerprint density at radius 3 is 2.52 bits per heavy atom. The van der Waals surface area contributed by atoms with Gasteiger partial charge in [-0.3, -0.25) is 28.9 Å². The number of carbonyl (C=O) groups is 5. The van der Waals surface area contributed by atoms with Crippen molar-refractivity contribution in [3.8, 4) is 0 Å². The molecule has 0 radical (unpaired) electrons. The Morgan fingerprint density at radius 2 is 1.72 bits per heavy atom. The lowest BCUT2D eigenvalue weighted by molar-refractivity contribution is -0.122. The van der Waals surface area contributed by atoms with E-state index in [0.29, 0.717) is 16.9 Å². The van der Waals surface area contributed by atoms with Gasteiger partial charge in [-0.25, -0.2) is 0 Å². The molecule has 2 aromatic rings. The summed E-state index contributed by atoms with van der Waals surface area (Å²) in [5.41, 5.74) is 1.47. The van der Waals surface area contributed by atoms with E-state index in [4.69, 9.17) is 0 Å². The number of hydrogen-bond donors (Lipinski definition) is 3. The molecule has 146 valence electrons.